The number of hydrogen-bond acceptors (Lipinski definition) is 4. The highest BCUT2D eigenvalue weighted by atomic mass is 35.5. The summed E-state index contributed by atoms with van der Waals surface area (Å²) in [6, 6.07) is 6.75. The molecule has 5 nitrogen and oxygen atoms in total. The number of carbonyl (C=O) groups is 1. The lowest BCUT2D eigenvalue weighted by atomic mass is 10.2. The normalized spacial score (nSPS) is 10.2. The molecule has 0 aliphatic heterocycles. The predicted octanol–water partition coefficient (Wildman–Crippen LogP) is 2.11. The van der Waals surface area contributed by atoms with Crippen molar-refractivity contribution < 1.29 is 9.90 Å². The molecule has 1 amide bonds. The minimum atomic E-state index is -0.257. The minimum absolute atomic E-state index is 0.171. The predicted molar refractivity (Wildman–Crippen MR) is 70.9 cm³/mol. The summed E-state index contributed by atoms with van der Waals surface area (Å²) < 4.78 is 0. The first-order valence-electron chi connectivity index (χ1n) is 5.57. The lowest BCUT2D eigenvalue weighted by Gasteiger charge is -2.16. The van der Waals surface area contributed by atoms with E-state index in [4.69, 9.17) is 11.6 Å². The lowest BCUT2D eigenvalue weighted by Crippen LogP contribution is -2.27. The van der Waals surface area contributed by atoms with E-state index in [1.165, 1.54) is 17.3 Å². The Balaban J connectivity index is 2.09. The lowest BCUT2D eigenvalue weighted by molar-refractivity contribution is 0.0778. The molecule has 0 saturated carbocycles. The molecule has 6 heteroatoms. The van der Waals surface area contributed by atoms with Crippen LogP contribution < -0.4 is 0 Å². The van der Waals surface area contributed by atoms with Crippen LogP contribution in [-0.2, 0) is 6.54 Å². The molecule has 0 fully saturated rings. The summed E-state index contributed by atoms with van der Waals surface area (Å²) in [4.78, 5) is 21.3. The fraction of sp³-hybridized carbons (Fsp3) is 0.154. The highest BCUT2D eigenvalue weighted by molar-refractivity contribution is 6.29. The van der Waals surface area contributed by atoms with Gasteiger partial charge in [0.1, 0.15) is 16.6 Å². The first-order chi connectivity index (χ1) is 9.06. The number of aromatic nitrogens is 2. The minimum Gasteiger partial charge on any atom is -0.508 e. The van der Waals surface area contributed by atoms with Crippen LogP contribution in [0.2, 0.25) is 5.15 Å². The van der Waals surface area contributed by atoms with Gasteiger partial charge in [0.05, 0.1) is 12.4 Å². The van der Waals surface area contributed by atoms with Gasteiger partial charge in [-0.05, 0) is 17.7 Å². The fourth-order valence-corrected chi connectivity index (χ4v) is 1.72. The quantitative estimate of drug-likeness (QED) is 0.933. The van der Waals surface area contributed by atoms with Crippen molar-refractivity contribution in [1.82, 2.24) is 14.9 Å². The molecule has 0 atom stereocenters. The summed E-state index contributed by atoms with van der Waals surface area (Å²) in [6.07, 6.45) is 2.67. The number of phenols is 1. The maximum Gasteiger partial charge on any atom is 0.274 e. The molecule has 0 aliphatic rings. The van der Waals surface area contributed by atoms with E-state index in [0.717, 1.165) is 5.56 Å². The number of benzene rings is 1. The number of hydrogen-bond donors (Lipinski definition) is 1. The maximum absolute atomic E-state index is 12.1. The Hall–Kier alpha value is -2.14. The van der Waals surface area contributed by atoms with Crippen molar-refractivity contribution in [1.29, 1.82) is 0 Å². The van der Waals surface area contributed by atoms with Crippen LogP contribution >= 0.6 is 11.6 Å². The zero-order chi connectivity index (χ0) is 13.8. The molecule has 1 heterocycles. The standard InChI is InChI=1S/C13H12ClN3O2/c1-17(8-9-3-2-4-10(18)5-9)13(19)11-6-16-12(14)7-15-11/h2-7,18H,8H2,1H3. The van der Waals surface area contributed by atoms with E-state index < -0.39 is 0 Å². The van der Waals surface area contributed by atoms with E-state index in [9.17, 15) is 9.90 Å². The SMILES string of the molecule is CN(Cc1cccc(O)c1)C(=O)c1cnc(Cl)cn1. The summed E-state index contributed by atoms with van der Waals surface area (Å²) in [6.45, 7) is 0.373. The average molecular weight is 278 g/mol. The zero-order valence-corrected chi connectivity index (χ0v) is 11.0. The maximum atomic E-state index is 12.1. The highest BCUT2D eigenvalue weighted by Gasteiger charge is 2.14. The van der Waals surface area contributed by atoms with Crippen molar-refractivity contribution in [2.75, 3.05) is 7.05 Å². The first kappa shape index (κ1) is 13.3. The molecule has 98 valence electrons. The van der Waals surface area contributed by atoms with Crippen LogP contribution in [-0.4, -0.2) is 32.9 Å². The monoisotopic (exact) mass is 277 g/mol. The third kappa shape index (κ3) is 3.42. The Morgan fingerprint density at radius 2 is 2.16 bits per heavy atom. The van der Waals surface area contributed by atoms with Crippen molar-refractivity contribution >= 4 is 17.5 Å². The Bertz CT molecular complexity index is 587. The van der Waals surface area contributed by atoms with Crippen molar-refractivity contribution in [2.24, 2.45) is 0 Å². The molecule has 1 aromatic carbocycles. The number of phenolic OH excluding ortho intramolecular Hbond substituents is 1. The first-order valence-corrected chi connectivity index (χ1v) is 5.95. The highest BCUT2D eigenvalue weighted by Crippen LogP contribution is 2.13. The van der Waals surface area contributed by atoms with E-state index in [1.807, 2.05) is 6.07 Å². The van der Waals surface area contributed by atoms with Gasteiger partial charge in [0.2, 0.25) is 0 Å². The van der Waals surface area contributed by atoms with Crippen molar-refractivity contribution in [2.45, 2.75) is 6.54 Å². The zero-order valence-electron chi connectivity index (χ0n) is 10.2. The third-order valence-corrected chi connectivity index (χ3v) is 2.71. The molecule has 0 bridgehead atoms. The second kappa shape index (κ2) is 5.67. The summed E-state index contributed by atoms with van der Waals surface area (Å²) >= 11 is 5.62. The number of halogens is 1. The van der Waals surface area contributed by atoms with Gasteiger partial charge in [0.15, 0.2) is 0 Å². The van der Waals surface area contributed by atoms with Crippen LogP contribution in [0, 0.1) is 0 Å². The van der Waals surface area contributed by atoms with Crippen LogP contribution in [0.1, 0.15) is 16.1 Å². The summed E-state index contributed by atoms with van der Waals surface area (Å²) in [7, 11) is 1.66. The Labute approximate surface area is 115 Å². The smallest absolute Gasteiger partial charge is 0.274 e. The number of nitrogens with zero attached hydrogens (tertiary/aromatic N) is 3. The van der Waals surface area contributed by atoms with Crippen molar-refractivity contribution in [3.05, 3.63) is 53.1 Å². The van der Waals surface area contributed by atoms with Crippen molar-refractivity contribution in [3.8, 4) is 5.75 Å². The molecule has 0 radical (unpaired) electrons. The molecular formula is C13H12ClN3O2. The number of carbonyl (C=O) groups excluding carboxylic acids is 1. The molecule has 1 aromatic heterocycles. The summed E-state index contributed by atoms with van der Waals surface area (Å²) in [5.74, 6) is -0.0860. The third-order valence-electron chi connectivity index (χ3n) is 2.52. The van der Waals surface area contributed by atoms with Crippen LogP contribution in [0.25, 0.3) is 0 Å². The van der Waals surface area contributed by atoms with Gasteiger partial charge in [-0.25, -0.2) is 9.97 Å². The van der Waals surface area contributed by atoms with Crippen LogP contribution in [0.4, 0.5) is 0 Å². The second-order valence-corrected chi connectivity index (χ2v) is 4.44. The van der Waals surface area contributed by atoms with E-state index in [0.29, 0.717) is 6.54 Å². The van der Waals surface area contributed by atoms with Gasteiger partial charge in [-0.1, -0.05) is 23.7 Å². The van der Waals surface area contributed by atoms with Gasteiger partial charge in [-0.3, -0.25) is 4.79 Å². The molecule has 19 heavy (non-hydrogen) atoms. The van der Waals surface area contributed by atoms with Gasteiger partial charge >= 0.3 is 0 Å². The molecule has 0 saturated heterocycles. The van der Waals surface area contributed by atoms with Crippen LogP contribution in [0.3, 0.4) is 0 Å². The number of amides is 1. The Morgan fingerprint density at radius 3 is 2.79 bits per heavy atom. The summed E-state index contributed by atoms with van der Waals surface area (Å²) in [5.41, 5.74) is 1.06. The summed E-state index contributed by atoms with van der Waals surface area (Å²) in [5, 5.41) is 9.61. The van der Waals surface area contributed by atoms with E-state index in [2.05, 4.69) is 9.97 Å². The molecule has 2 rings (SSSR count). The van der Waals surface area contributed by atoms with Crippen LogP contribution in [0.15, 0.2) is 36.7 Å². The molecule has 0 spiro atoms. The van der Waals surface area contributed by atoms with Gasteiger partial charge in [0, 0.05) is 13.6 Å². The molecule has 0 aliphatic carbocycles. The molecule has 2 aromatic rings. The van der Waals surface area contributed by atoms with Gasteiger partial charge < -0.3 is 10.0 Å². The van der Waals surface area contributed by atoms with E-state index >= 15 is 0 Å². The fourth-order valence-electron chi connectivity index (χ4n) is 1.62. The molecule has 0 unspecified atom stereocenters. The average Bonchev–Trinajstić information content (AvgIpc) is 2.39. The van der Waals surface area contributed by atoms with Gasteiger partial charge in [0.25, 0.3) is 5.91 Å². The van der Waals surface area contributed by atoms with E-state index in [1.54, 1.807) is 25.2 Å². The molecule has 1 N–H and O–H groups in total. The number of aromatic hydroxyl groups is 1. The Kier molecular flexibility index (Phi) is 3.97. The topological polar surface area (TPSA) is 66.3 Å². The van der Waals surface area contributed by atoms with E-state index in [-0.39, 0.29) is 22.5 Å². The van der Waals surface area contributed by atoms with Gasteiger partial charge in [-0.15, -0.1) is 0 Å². The van der Waals surface area contributed by atoms with Crippen molar-refractivity contribution in [3.63, 3.8) is 0 Å². The number of rotatable bonds is 3. The van der Waals surface area contributed by atoms with Gasteiger partial charge in [-0.2, -0.15) is 0 Å². The second-order valence-electron chi connectivity index (χ2n) is 4.06. The molecular weight excluding hydrogens is 266 g/mol. The largest absolute Gasteiger partial charge is 0.508 e. The Morgan fingerprint density at radius 1 is 1.37 bits per heavy atom. The van der Waals surface area contributed by atoms with Crippen LogP contribution in [0.5, 0.6) is 5.75 Å².